The van der Waals surface area contributed by atoms with Gasteiger partial charge in [0.1, 0.15) is 6.61 Å². The van der Waals surface area contributed by atoms with Crippen LogP contribution in [-0.2, 0) is 14.4 Å². The molecule has 0 aromatic heterocycles. The van der Waals surface area contributed by atoms with Crippen LogP contribution >= 0.6 is 0 Å². The molecule has 0 bridgehead atoms. The first-order chi connectivity index (χ1) is 6.70. The summed E-state index contributed by atoms with van der Waals surface area (Å²) in [7, 11) is 0. The van der Waals surface area contributed by atoms with Gasteiger partial charge >= 0.3 is 0 Å². The summed E-state index contributed by atoms with van der Waals surface area (Å²) in [6.45, 7) is 6.92. The van der Waals surface area contributed by atoms with Crippen molar-refractivity contribution in [2.24, 2.45) is 5.16 Å². The molecular weight excluding hydrogens is 184 g/mol. The van der Waals surface area contributed by atoms with Gasteiger partial charge in [0.15, 0.2) is 0 Å². The van der Waals surface area contributed by atoms with Gasteiger partial charge < -0.3 is 14.9 Å². The topological polar surface area (TPSA) is 59.9 Å². The Morgan fingerprint density at radius 2 is 2.14 bits per heavy atom. The summed E-state index contributed by atoms with van der Waals surface area (Å²) in [6, 6.07) is 0. The highest BCUT2D eigenvalue weighted by Gasteiger charge is 1.98. The molecule has 0 saturated heterocycles. The van der Waals surface area contributed by atoms with Gasteiger partial charge in [0.05, 0.1) is 13.0 Å². The van der Waals surface area contributed by atoms with E-state index in [1.807, 2.05) is 13.8 Å². The van der Waals surface area contributed by atoms with Gasteiger partial charge in [0.25, 0.3) is 0 Å². The summed E-state index contributed by atoms with van der Waals surface area (Å²) in [5, 5.41) is 6.32. The molecule has 1 N–H and O–H groups in total. The average molecular weight is 202 g/mol. The molecule has 0 aliphatic rings. The number of oxime groups is 1. The van der Waals surface area contributed by atoms with Gasteiger partial charge in [-0.3, -0.25) is 4.79 Å². The highest BCUT2D eigenvalue weighted by Crippen LogP contribution is 1.87. The van der Waals surface area contributed by atoms with Crippen molar-refractivity contribution in [3.05, 3.63) is 0 Å². The van der Waals surface area contributed by atoms with Gasteiger partial charge in [-0.2, -0.15) is 0 Å². The molecular formula is C9H18N2O3. The largest absolute Gasteiger partial charge is 0.479 e. The number of nitrogens with zero attached hydrogens (tertiary/aromatic N) is 1. The lowest BCUT2D eigenvalue weighted by molar-refractivity contribution is -0.122. The first-order valence-electron chi connectivity index (χ1n) is 4.76. The third kappa shape index (κ3) is 7.39. The molecule has 0 radical (unpaired) electrons. The Morgan fingerprint density at radius 1 is 1.43 bits per heavy atom. The fourth-order valence-electron chi connectivity index (χ4n) is 0.796. The number of hydrogen-bond acceptors (Lipinski definition) is 4. The van der Waals surface area contributed by atoms with Gasteiger partial charge in [0, 0.05) is 13.5 Å². The van der Waals surface area contributed by atoms with Crippen LogP contribution in [0.4, 0.5) is 0 Å². The Hall–Kier alpha value is -1.26. The van der Waals surface area contributed by atoms with E-state index in [0.717, 1.165) is 0 Å². The molecule has 14 heavy (non-hydrogen) atoms. The van der Waals surface area contributed by atoms with E-state index in [0.29, 0.717) is 25.5 Å². The number of hydrogen-bond donors (Lipinski definition) is 1. The fourth-order valence-corrected chi connectivity index (χ4v) is 0.796. The van der Waals surface area contributed by atoms with E-state index in [2.05, 4.69) is 10.5 Å². The van der Waals surface area contributed by atoms with E-state index in [4.69, 9.17) is 9.57 Å². The summed E-state index contributed by atoms with van der Waals surface area (Å²) in [5.41, 5.74) is 0. The first kappa shape index (κ1) is 12.7. The number of carbonyl (C=O) groups excluding carboxylic acids is 1. The van der Waals surface area contributed by atoms with Gasteiger partial charge in [-0.15, -0.1) is 0 Å². The van der Waals surface area contributed by atoms with Crippen molar-refractivity contribution in [2.45, 2.75) is 27.2 Å². The lowest BCUT2D eigenvalue weighted by Crippen LogP contribution is -2.23. The Bertz CT molecular complexity index is 192. The number of rotatable bonds is 6. The van der Waals surface area contributed by atoms with Crippen molar-refractivity contribution in [3.63, 3.8) is 0 Å². The molecule has 0 aliphatic heterocycles. The molecule has 0 atom stereocenters. The maximum atomic E-state index is 10.9. The Morgan fingerprint density at radius 3 is 2.71 bits per heavy atom. The van der Waals surface area contributed by atoms with Gasteiger partial charge in [-0.05, 0) is 13.8 Å². The minimum Gasteiger partial charge on any atom is -0.479 e. The van der Waals surface area contributed by atoms with Crippen molar-refractivity contribution in [1.29, 1.82) is 0 Å². The second-order valence-electron chi connectivity index (χ2n) is 2.58. The molecule has 0 rings (SSSR count). The van der Waals surface area contributed by atoms with Crippen LogP contribution in [0.2, 0.25) is 0 Å². The zero-order valence-electron chi connectivity index (χ0n) is 9.00. The molecule has 5 heteroatoms. The normalized spacial score (nSPS) is 10.9. The lowest BCUT2D eigenvalue weighted by atomic mass is 10.4. The van der Waals surface area contributed by atoms with Crippen LogP contribution in [0, 0.1) is 0 Å². The summed E-state index contributed by atoms with van der Waals surface area (Å²) >= 11 is 0. The SMILES string of the molecule is CCNC(=O)CCO/N=C(\C)OCC. The minimum atomic E-state index is -0.0308. The zero-order chi connectivity index (χ0) is 10.8. The fraction of sp³-hybridized carbons (Fsp3) is 0.778. The molecule has 0 spiro atoms. The Balaban J connectivity index is 3.45. The standard InChI is InChI=1S/C9H18N2O3/c1-4-10-9(12)6-7-14-11-8(3)13-5-2/h4-7H2,1-3H3,(H,10,12)/b11-8+. The van der Waals surface area contributed by atoms with Crippen LogP contribution in [0.1, 0.15) is 27.2 Å². The molecule has 0 aromatic rings. The Kier molecular flexibility index (Phi) is 7.59. The smallest absolute Gasteiger partial charge is 0.223 e. The number of carbonyl (C=O) groups is 1. The summed E-state index contributed by atoms with van der Waals surface area (Å²) in [4.78, 5) is 15.8. The Labute approximate surface area is 84.4 Å². The monoisotopic (exact) mass is 202 g/mol. The van der Waals surface area contributed by atoms with Gasteiger partial charge in [0.2, 0.25) is 11.8 Å². The zero-order valence-corrected chi connectivity index (χ0v) is 9.00. The van der Waals surface area contributed by atoms with E-state index in [9.17, 15) is 4.79 Å². The van der Waals surface area contributed by atoms with Crippen molar-refractivity contribution >= 4 is 11.8 Å². The first-order valence-corrected chi connectivity index (χ1v) is 4.76. The number of ether oxygens (including phenoxy) is 1. The molecule has 0 heterocycles. The van der Waals surface area contributed by atoms with Crippen molar-refractivity contribution in [2.75, 3.05) is 19.8 Å². The van der Waals surface area contributed by atoms with Crippen molar-refractivity contribution < 1.29 is 14.4 Å². The molecule has 0 aromatic carbocycles. The van der Waals surface area contributed by atoms with Crippen LogP contribution in [0.5, 0.6) is 0 Å². The third-order valence-electron chi connectivity index (χ3n) is 1.34. The van der Waals surface area contributed by atoms with Crippen LogP contribution in [-0.4, -0.2) is 31.6 Å². The molecule has 1 amide bonds. The molecule has 0 saturated carbocycles. The molecule has 0 aliphatic carbocycles. The summed E-state index contributed by atoms with van der Waals surface area (Å²) in [6.07, 6.45) is 0.316. The second-order valence-corrected chi connectivity index (χ2v) is 2.58. The van der Waals surface area contributed by atoms with Crippen LogP contribution in [0.25, 0.3) is 0 Å². The molecule has 82 valence electrons. The molecule has 0 fully saturated rings. The minimum absolute atomic E-state index is 0.0308. The van der Waals surface area contributed by atoms with E-state index in [1.54, 1.807) is 6.92 Å². The van der Waals surface area contributed by atoms with Crippen molar-refractivity contribution in [3.8, 4) is 0 Å². The van der Waals surface area contributed by atoms with Crippen LogP contribution < -0.4 is 5.32 Å². The average Bonchev–Trinajstić information content (AvgIpc) is 2.13. The third-order valence-corrected chi connectivity index (χ3v) is 1.34. The van der Waals surface area contributed by atoms with Crippen molar-refractivity contribution in [1.82, 2.24) is 5.32 Å². The van der Waals surface area contributed by atoms with E-state index in [1.165, 1.54) is 0 Å². The number of nitrogens with one attached hydrogen (secondary N) is 1. The second kappa shape index (κ2) is 8.34. The summed E-state index contributed by atoms with van der Waals surface area (Å²) in [5.74, 6) is 0.445. The highest BCUT2D eigenvalue weighted by molar-refractivity contribution is 5.75. The molecule has 5 nitrogen and oxygen atoms in total. The molecule has 0 unspecified atom stereocenters. The van der Waals surface area contributed by atoms with Crippen LogP contribution in [0.15, 0.2) is 5.16 Å². The predicted molar refractivity (Wildman–Crippen MR) is 54.0 cm³/mol. The van der Waals surface area contributed by atoms with Crippen LogP contribution in [0.3, 0.4) is 0 Å². The van der Waals surface area contributed by atoms with E-state index in [-0.39, 0.29) is 12.5 Å². The maximum Gasteiger partial charge on any atom is 0.223 e. The number of amides is 1. The maximum absolute atomic E-state index is 10.9. The van der Waals surface area contributed by atoms with Gasteiger partial charge in [-0.25, -0.2) is 0 Å². The summed E-state index contributed by atoms with van der Waals surface area (Å²) < 4.78 is 5.02. The lowest BCUT2D eigenvalue weighted by Gasteiger charge is -2.02. The predicted octanol–water partition coefficient (Wildman–Crippen LogP) is 0.899. The highest BCUT2D eigenvalue weighted by atomic mass is 16.6. The van der Waals surface area contributed by atoms with E-state index >= 15 is 0 Å². The quantitative estimate of drug-likeness (QED) is 0.301. The van der Waals surface area contributed by atoms with Gasteiger partial charge in [-0.1, -0.05) is 5.16 Å². The van der Waals surface area contributed by atoms with E-state index < -0.39 is 0 Å².